The second-order valence-corrected chi connectivity index (χ2v) is 5.82. The van der Waals surface area contributed by atoms with Crippen LogP contribution in [0.25, 0.3) is 0 Å². The predicted molar refractivity (Wildman–Crippen MR) is 83.9 cm³/mol. The molecule has 0 unspecified atom stereocenters. The van der Waals surface area contributed by atoms with Gasteiger partial charge in [-0.05, 0) is 36.8 Å². The van der Waals surface area contributed by atoms with Crippen LogP contribution >= 0.6 is 0 Å². The summed E-state index contributed by atoms with van der Waals surface area (Å²) in [6.45, 7) is 3.06. The van der Waals surface area contributed by atoms with Gasteiger partial charge in [-0.2, -0.15) is 0 Å². The number of nitrogens with zero attached hydrogens (tertiary/aromatic N) is 1. The molecule has 1 fully saturated rings. The first-order valence-electron chi connectivity index (χ1n) is 7.70. The summed E-state index contributed by atoms with van der Waals surface area (Å²) in [4.78, 5) is 10.8. The number of ether oxygens (including phenoxy) is 1. The zero-order chi connectivity index (χ0) is 15.2. The summed E-state index contributed by atoms with van der Waals surface area (Å²) in [5.41, 5.74) is 0.662. The van der Waals surface area contributed by atoms with E-state index in [0.717, 1.165) is 12.5 Å². The van der Waals surface area contributed by atoms with E-state index >= 15 is 0 Å². The molecule has 1 aromatic rings. The molecule has 0 aromatic heterocycles. The van der Waals surface area contributed by atoms with Crippen molar-refractivity contribution in [3.63, 3.8) is 0 Å². The van der Waals surface area contributed by atoms with Crippen LogP contribution in [-0.4, -0.2) is 18.6 Å². The van der Waals surface area contributed by atoms with Gasteiger partial charge in [-0.25, -0.2) is 0 Å². The SMILES string of the molecule is CCC1CCC(CNc2ccc(OC)cc2[N+](=O)[O-])CC1. The summed E-state index contributed by atoms with van der Waals surface area (Å²) < 4.78 is 5.05. The summed E-state index contributed by atoms with van der Waals surface area (Å²) in [6, 6.07) is 4.95. The second-order valence-electron chi connectivity index (χ2n) is 5.82. The fraction of sp³-hybridized carbons (Fsp3) is 0.625. The van der Waals surface area contributed by atoms with Crippen LogP contribution in [0.4, 0.5) is 11.4 Å². The molecule has 116 valence electrons. The molecular weight excluding hydrogens is 268 g/mol. The van der Waals surface area contributed by atoms with Crippen LogP contribution in [0.3, 0.4) is 0 Å². The van der Waals surface area contributed by atoms with E-state index < -0.39 is 0 Å². The standard InChI is InChI=1S/C16H24N2O3/c1-3-12-4-6-13(7-5-12)11-17-15-9-8-14(21-2)10-16(15)18(19)20/h8-10,12-13,17H,3-7,11H2,1-2H3. The Morgan fingerprint density at radius 3 is 2.52 bits per heavy atom. The minimum Gasteiger partial charge on any atom is -0.496 e. The highest BCUT2D eigenvalue weighted by Gasteiger charge is 2.21. The van der Waals surface area contributed by atoms with Crippen LogP contribution in [0.5, 0.6) is 5.75 Å². The molecule has 0 saturated heterocycles. The summed E-state index contributed by atoms with van der Waals surface area (Å²) in [5, 5.41) is 14.4. The van der Waals surface area contributed by atoms with E-state index in [1.54, 1.807) is 12.1 Å². The smallest absolute Gasteiger partial charge is 0.296 e. The van der Waals surface area contributed by atoms with E-state index in [-0.39, 0.29) is 10.6 Å². The van der Waals surface area contributed by atoms with Gasteiger partial charge in [0.25, 0.3) is 5.69 Å². The maximum atomic E-state index is 11.1. The third-order valence-corrected chi connectivity index (χ3v) is 4.53. The van der Waals surface area contributed by atoms with Gasteiger partial charge >= 0.3 is 0 Å². The number of methoxy groups -OCH3 is 1. The minimum atomic E-state index is -0.362. The molecule has 0 aliphatic heterocycles. The van der Waals surface area contributed by atoms with E-state index in [4.69, 9.17) is 4.74 Å². The molecule has 1 aromatic carbocycles. The summed E-state index contributed by atoms with van der Waals surface area (Å²) >= 11 is 0. The van der Waals surface area contributed by atoms with Gasteiger partial charge < -0.3 is 10.1 Å². The number of nitro groups is 1. The van der Waals surface area contributed by atoms with Crippen LogP contribution in [0, 0.1) is 22.0 Å². The third kappa shape index (κ3) is 4.09. The fourth-order valence-corrected chi connectivity index (χ4v) is 3.04. The van der Waals surface area contributed by atoms with E-state index in [1.165, 1.54) is 45.3 Å². The zero-order valence-electron chi connectivity index (χ0n) is 12.8. The quantitative estimate of drug-likeness (QED) is 0.629. The molecule has 0 spiro atoms. The first-order valence-corrected chi connectivity index (χ1v) is 7.70. The molecule has 0 amide bonds. The lowest BCUT2D eigenvalue weighted by molar-refractivity contribution is -0.384. The van der Waals surface area contributed by atoms with Crippen LogP contribution < -0.4 is 10.1 Å². The van der Waals surface area contributed by atoms with Crippen molar-refractivity contribution in [2.45, 2.75) is 39.0 Å². The Morgan fingerprint density at radius 2 is 1.95 bits per heavy atom. The maximum Gasteiger partial charge on any atom is 0.296 e. The van der Waals surface area contributed by atoms with Gasteiger partial charge in [0, 0.05) is 6.54 Å². The van der Waals surface area contributed by atoms with Crippen molar-refractivity contribution < 1.29 is 9.66 Å². The van der Waals surface area contributed by atoms with Crippen molar-refractivity contribution in [3.05, 3.63) is 28.3 Å². The second kappa shape index (κ2) is 7.29. The van der Waals surface area contributed by atoms with Crippen molar-refractivity contribution in [1.82, 2.24) is 0 Å². The van der Waals surface area contributed by atoms with Crippen molar-refractivity contribution in [2.24, 2.45) is 11.8 Å². The van der Waals surface area contributed by atoms with E-state index in [2.05, 4.69) is 12.2 Å². The molecule has 1 aliphatic carbocycles. The van der Waals surface area contributed by atoms with Gasteiger partial charge in [-0.1, -0.05) is 26.2 Å². The number of hydrogen-bond acceptors (Lipinski definition) is 4. The average Bonchev–Trinajstić information content (AvgIpc) is 2.53. The monoisotopic (exact) mass is 292 g/mol. The highest BCUT2D eigenvalue weighted by atomic mass is 16.6. The summed E-state index contributed by atoms with van der Waals surface area (Å²) in [7, 11) is 1.51. The largest absolute Gasteiger partial charge is 0.496 e. The Kier molecular flexibility index (Phi) is 5.42. The molecule has 0 radical (unpaired) electrons. The van der Waals surface area contributed by atoms with Crippen LogP contribution in [-0.2, 0) is 0 Å². The number of rotatable bonds is 6. The van der Waals surface area contributed by atoms with Crippen molar-refractivity contribution in [2.75, 3.05) is 19.0 Å². The Morgan fingerprint density at radius 1 is 1.29 bits per heavy atom. The topological polar surface area (TPSA) is 64.4 Å². The highest BCUT2D eigenvalue weighted by Crippen LogP contribution is 2.33. The first kappa shape index (κ1) is 15.6. The lowest BCUT2D eigenvalue weighted by Gasteiger charge is -2.28. The van der Waals surface area contributed by atoms with Gasteiger partial charge in [0.05, 0.1) is 18.1 Å². The van der Waals surface area contributed by atoms with Gasteiger partial charge in [-0.3, -0.25) is 10.1 Å². The normalized spacial score (nSPS) is 21.8. The summed E-state index contributed by atoms with van der Waals surface area (Å²) in [6.07, 6.45) is 6.27. The van der Waals surface area contributed by atoms with Crippen LogP contribution in [0.2, 0.25) is 0 Å². The van der Waals surface area contributed by atoms with E-state index in [1.807, 2.05) is 0 Å². The Labute approximate surface area is 125 Å². The van der Waals surface area contributed by atoms with Crippen LogP contribution in [0.15, 0.2) is 18.2 Å². The van der Waals surface area contributed by atoms with E-state index in [0.29, 0.717) is 17.4 Å². The number of nitro benzene ring substituents is 1. The molecule has 0 bridgehead atoms. The number of nitrogens with one attached hydrogen (secondary N) is 1. The Balaban J connectivity index is 1.95. The van der Waals surface area contributed by atoms with Gasteiger partial charge in [0.2, 0.25) is 0 Å². The van der Waals surface area contributed by atoms with E-state index in [9.17, 15) is 10.1 Å². The molecule has 5 heteroatoms. The van der Waals surface area contributed by atoms with Crippen molar-refractivity contribution in [1.29, 1.82) is 0 Å². The maximum absolute atomic E-state index is 11.1. The highest BCUT2D eigenvalue weighted by molar-refractivity contribution is 5.63. The van der Waals surface area contributed by atoms with Crippen molar-refractivity contribution in [3.8, 4) is 5.75 Å². The first-order chi connectivity index (χ1) is 10.1. The molecule has 1 N–H and O–H groups in total. The fourth-order valence-electron chi connectivity index (χ4n) is 3.04. The van der Waals surface area contributed by atoms with Crippen molar-refractivity contribution >= 4 is 11.4 Å². The van der Waals surface area contributed by atoms with Gasteiger partial charge in [0.15, 0.2) is 0 Å². The van der Waals surface area contributed by atoms with Gasteiger partial charge in [-0.15, -0.1) is 0 Å². The molecular formula is C16H24N2O3. The lowest BCUT2D eigenvalue weighted by Crippen LogP contribution is -2.21. The molecule has 1 aliphatic rings. The van der Waals surface area contributed by atoms with Gasteiger partial charge in [0.1, 0.15) is 11.4 Å². The molecule has 5 nitrogen and oxygen atoms in total. The number of benzene rings is 1. The lowest BCUT2D eigenvalue weighted by atomic mass is 9.81. The third-order valence-electron chi connectivity index (χ3n) is 4.53. The molecule has 1 saturated carbocycles. The molecule has 0 atom stereocenters. The molecule has 0 heterocycles. The Hall–Kier alpha value is -1.78. The summed E-state index contributed by atoms with van der Waals surface area (Å²) in [5.74, 6) is 2.00. The van der Waals surface area contributed by atoms with Crippen LogP contribution in [0.1, 0.15) is 39.0 Å². The predicted octanol–water partition coefficient (Wildman–Crippen LogP) is 4.23. The number of anilines is 1. The zero-order valence-corrected chi connectivity index (χ0v) is 12.8. The Bertz CT molecular complexity index is 482. The number of hydrogen-bond donors (Lipinski definition) is 1. The minimum absolute atomic E-state index is 0.0802. The average molecular weight is 292 g/mol. The molecule has 2 rings (SSSR count). The molecule has 21 heavy (non-hydrogen) atoms.